The first kappa shape index (κ1) is 18.8. The van der Waals surface area contributed by atoms with Crippen molar-refractivity contribution in [2.45, 2.75) is 64.8 Å². The molecule has 4 heteroatoms. The molecule has 1 aromatic rings. The Morgan fingerprint density at radius 1 is 1.21 bits per heavy atom. The van der Waals surface area contributed by atoms with Gasteiger partial charge in [-0.2, -0.15) is 0 Å². The molecule has 1 aliphatic heterocycles. The lowest BCUT2D eigenvalue weighted by Gasteiger charge is -2.32. The van der Waals surface area contributed by atoms with Crippen LogP contribution < -0.4 is 10.1 Å². The zero-order chi connectivity index (χ0) is 17.2. The number of rotatable bonds is 8. The largest absolute Gasteiger partial charge is 0.412 e. The Morgan fingerprint density at radius 3 is 2.75 bits per heavy atom. The van der Waals surface area contributed by atoms with Crippen LogP contribution in [0.3, 0.4) is 0 Å². The number of likely N-dealkylation sites (tertiary alicyclic amines) is 1. The van der Waals surface area contributed by atoms with Crippen LogP contribution in [-0.2, 0) is 0 Å². The number of ether oxygens (including phenoxy) is 1. The van der Waals surface area contributed by atoms with E-state index in [9.17, 15) is 4.79 Å². The van der Waals surface area contributed by atoms with E-state index in [-0.39, 0.29) is 6.09 Å². The SMILES string of the molecule is CCCCCCNC(=O)Oc1cccc(C(C)N2CCCCC2)c1. The average Bonchev–Trinajstić information content (AvgIpc) is 2.62. The van der Waals surface area contributed by atoms with E-state index in [1.54, 1.807) is 0 Å². The number of amides is 1. The van der Waals surface area contributed by atoms with E-state index in [1.165, 1.54) is 37.7 Å². The van der Waals surface area contributed by atoms with Crippen LogP contribution in [0, 0.1) is 0 Å². The van der Waals surface area contributed by atoms with E-state index in [2.05, 4.69) is 30.1 Å². The van der Waals surface area contributed by atoms with E-state index in [0.29, 0.717) is 18.3 Å². The predicted octanol–water partition coefficient (Wildman–Crippen LogP) is 4.90. The van der Waals surface area contributed by atoms with Gasteiger partial charge < -0.3 is 10.1 Å². The third kappa shape index (κ3) is 6.16. The van der Waals surface area contributed by atoms with Gasteiger partial charge in [0.15, 0.2) is 0 Å². The van der Waals surface area contributed by atoms with Crippen molar-refractivity contribution in [2.75, 3.05) is 19.6 Å². The minimum absolute atomic E-state index is 0.353. The third-order valence-electron chi connectivity index (χ3n) is 4.79. The molecule has 1 fully saturated rings. The zero-order valence-corrected chi connectivity index (χ0v) is 15.2. The van der Waals surface area contributed by atoms with Gasteiger partial charge in [0.05, 0.1) is 0 Å². The van der Waals surface area contributed by atoms with Gasteiger partial charge in [-0.15, -0.1) is 0 Å². The molecule has 1 saturated heterocycles. The molecular weight excluding hydrogens is 300 g/mol. The van der Waals surface area contributed by atoms with Crippen molar-refractivity contribution in [1.29, 1.82) is 0 Å². The molecule has 1 aromatic carbocycles. The predicted molar refractivity (Wildman–Crippen MR) is 98.4 cm³/mol. The van der Waals surface area contributed by atoms with Gasteiger partial charge >= 0.3 is 6.09 Å². The smallest absolute Gasteiger partial charge is 0.410 e. The van der Waals surface area contributed by atoms with Gasteiger partial charge in [-0.1, -0.05) is 44.7 Å². The van der Waals surface area contributed by atoms with Crippen LogP contribution in [0.25, 0.3) is 0 Å². The Labute approximate surface area is 146 Å². The fourth-order valence-electron chi connectivity index (χ4n) is 3.24. The van der Waals surface area contributed by atoms with Crippen LogP contribution in [0.2, 0.25) is 0 Å². The number of carbonyl (C=O) groups excluding carboxylic acids is 1. The van der Waals surface area contributed by atoms with E-state index in [0.717, 1.165) is 25.9 Å². The van der Waals surface area contributed by atoms with Crippen LogP contribution in [-0.4, -0.2) is 30.6 Å². The van der Waals surface area contributed by atoms with Crippen LogP contribution in [0.5, 0.6) is 5.75 Å². The highest BCUT2D eigenvalue weighted by Crippen LogP contribution is 2.26. The van der Waals surface area contributed by atoms with Crippen molar-refractivity contribution in [1.82, 2.24) is 10.2 Å². The second-order valence-corrected chi connectivity index (χ2v) is 6.72. The van der Waals surface area contributed by atoms with Gasteiger partial charge in [0, 0.05) is 12.6 Å². The van der Waals surface area contributed by atoms with Crippen molar-refractivity contribution < 1.29 is 9.53 Å². The number of hydrogen-bond acceptors (Lipinski definition) is 3. The third-order valence-corrected chi connectivity index (χ3v) is 4.79. The van der Waals surface area contributed by atoms with Gasteiger partial charge in [-0.25, -0.2) is 4.79 Å². The molecule has 4 nitrogen and oxygen atoms in total. The summed E-state index contributed by atoms with van der Waals surface area (Å²) in [6, 6.07) is 8.30. The van der Waals surface area contributed by atoms with E-state index >= 15 is 0 Å². The minimum atomic E-state index is -0.353. The first-order valence-corrected chi connectivity index (χ1v) is 9.50. The number of hydrogen-bond donors (Lipinski definition) is 1. The number of piperidine rings is 1. The van der Waals surface area contributed by atoms with E-state index in [1.807, 2.05) is 18.2 Å². The second-order valence-electron chi connectivity index (χ2n) is 6.72. The molecule has 1 aliphatic rings. The molecule has 0 aliphatic carbocycles. The summed E-state index contributed by atoms with van der Waals surface area (Å²) in [6.07, 6.45) is 8.12. The van der Waals surface area contributed by atoms with Crippen LogP contribution in [0.15, 0.2) is 24.3 Å². The van der Waals surface area contributed by atoms with Crippen molar-refractivity contribution in [3.05, 3.63) is 29.8 Å². The van der Waals surface area contributed by atoms with Crippen LogP contribution in [0.1, 0.15) is 70.4 Å². The summed E-state index contributed by atoms with van der Waals surface area (Å²) in [6.45, 7) is 7.41. The zero-order valence-electron chi connectivity index (χ0n) is 15.2. The van der Waals surface area contributed by atoms with Gasteiger partial charge in [0.2, 0.25) is 0 Å². The number of nitrogens with one attached hydrogen (secondary N) is 1. The average molecular weight is 332 g/mol. The molecular formula is C20H32N2O2. The first-order chi connectivity index (χ1) is 11.7. The van der Waals surface area contributed by atoms with Crippen molar-refractivity contribution in [2.24, 2.45) is 0 Å². The fourth-order valence-corrected chi connectivity index (χ4v) is 3.24. The lowest BCUT2D eigenvalue weighted by atomic mass is 10.0. The Morgan fingerprint density at radius 2 is 2.00 bits per heavy atom. The summed E-state index contributed by atoms with van der Waals surface area (Å²) < 4.78 is 5.43. The number of unbranched alkanes of at least 4 members (excludes halogenated alkanes) is 3. The van der Waals surface area contributed by atoms with Crippen molar-refractivity contribution in [3.8, 4) is 5.75 Å². The van der Waals surface area contributed by atoms with Gasteiger partial charge in [-0.3, -0.25) is 4.90 Å². The molecule has 1 amide bonds. The second kappa shape index (κ2) is 10.3. The molecule has 1 N–H and O–H groups in total. The Bertz CT molecular complexity index is 498. The lowest BCUT2D eigenvalue weighted by molar-refractivity contribution is 0.174. The molecule has 24 heavy (non-hydrogen) atoms. The molecule has 1 unspecified atom stereocenters. The molecule has 0 radical (unpaired) electrons. The summed E-state index contributed by atoms with van der Waals surface area (Å²) in [5, 5.41) is 2.83. The van der Waals surface area contributed by atoms with E-state index < -0.39 is 0 Å². The number of carbonyl (C=O) groups is 1. The highest BCUT2D eigenvalue weighted by atomic mass is 16.6. The summed E-state index contributed by atoms with van der Waals surface area (Å²) in [5.74, 6) is 0.627. The monoisotopic (exact) mass is 332 g/mol. The molecule has 0 spiro atoms. The van der Waals surface area contributed by atoms with Crippen molar-refractivity contribution in [3.63, 3.8) is 0 Å². The molecule has 1 heterocycles. The van der Waals surface area contributed by atoms with Crippen LogP contribution in [0.4, 0.5) is 4.79 Å². The highest BCUT2D eigenvalue weighted by molar-refractivity contribution is 5.70. The Kier molecular flexibility index (Phi) is 8.10. The summed E-state index contributed by atoms with van der Waals surface area (Å²) in [7, 11) is 0. The summed E-state index contributed by atoms with van der Waals surface area (Å²) in [5.41, 5.74) is 1.21. The lowest BCUT2D eigenvalue weighted by Crippen LogP contribution is -2.32. The molecule has 1 atom stereocenters. The van der Waals surface area contributed by atoms with Gasteiger partial charge in [0.1, 0.15) is 5.75 Å². The standard InChI is InChI=1S/C20H32N2O2/c1-3-4-5-7-13-21-20(23)24-19-12-10-11-18(16-19)17(2)22-14-8-6-9-15-22/h10-12,16-17H,3-9,13-15H2,1-2H3,(H,21,23). The maximum absolute atomic E-state index is 11.9. The molecule has 0 saturated carbocycles. The maximum Gasteiger partial charge on any atom is 0.412 e. The number of nitrogens with zero attached hydrogens (tertiary/aromatic N) is 1. The minimum Gasteiger partial charge on any atom is -0.410 e. The van der Waals surface area contributed by atoms with Gasteiger partial charge in [0.25, 0.3) is 0 Å². The van der Waals surface area contributed by atoms with Crippen LogP contribution >= 0.6 is 0 Å². The fraction of sp³-hybridized carbons (Fsp3) is 0.650. The summed E-state index contributed by atoms with van der Waals surface area (Å²) >= 11 is 0. The molecule has 134 valence electrons. The van der Waals surface area contributed by atoms with Crippen molar-refractivity contribution >= 4 is 6.09 Å². The molecule has 0 aromatic heterocycles. The Balaban J connectivity index is 1.82. The van der Waals surface area contributed by atoms with E-state index in [4.69, 9.17) is 4.74 Å². The maximum atomic E-state index is 11.9. The quantitative estimate of drug-likeness (QED) is 0.688. The van der Waals surface area contributed by atoms with Gasteiger partial charge in [-0.05, 0) is 57.0 Å². The molecule has 2 rings (SSSR count). The number of benzene rings is 1. The first-order valence-electron chi connectivity index (χ1n) is 9.50. The normalized spacial score (nSPS) is 16.6. The topological polar surface area (TPSA) is 41.6 Å². The summed E-state index contributed by atoms with van der Waals surface area (Å²) in [4.78, 5) is 14.4. The highest BCUT2D eigenvalue weighted by Gasteiger charge is 2.18. The Hall–Kier alpha value is -1.55. The molecule has 0 bridgehead atoms.